The molecular formula is C16H22N2. The number of hydrogen-bond acceptors (Lipinski definition) is 2. The third kappa shape index (κ3) is 1.93. The van der Waals surface area contributed by atoms with E-state index < -0.39 is 0 Å². The SMILES string of the molecule is Nc1ccc2c(c1)CCC2NC(C1CC1)C1CC1. The highest BCUT2D eigenvalue weighted by atomic mass is 15.0. The lowest BCUT2D eigenvalue weighted by Gasteiger charge is -2.23. The number of aryl methyl sites for hydroxylation is 1. The van der Waals surface area contributed by atoms with Gasteiger partial charge in [0.2, 0.25) is 0 Å². The lowest BCUT2D eigenvalue weighted by molar-refractivity contribution is 0.364. The standard InChI is InChI=1S/C16H22N2/c17-13-6-7-14-12(9-13)5-8-15(14)18-16(10-1-2-10)11-3-4-11/h6-7,9-11,15-16,18H,1-5,8,17H2. The smallest absolute Gasteiger partial charge is 0.0328 e. The summed E-state index contributed by atoms with van der Waals surface area (Å²) in [6.45, 7) is 0. The summed E-state index contributed by atoms with van der Waals surface area (Å²) in [7, 11) is 0. The van der Waals surface area contributed by atoms with E-state index in [1.807, 2.05) is 0 Å². The van der Waals surface area contributed by atoms with Crippen LogP contribution in [0.5, 0.6) is 0 Å². The highest BCUT2D eigenvalue weighted by Gasteiger charge is 2.42. The number of hydrogen-bond donors (Lipinski definition) is 2. The Morgan fingerprint density at radius 2 is 1.78 bits per heavy atom. The first kappa shape index (κ1) is 10.9. The van der Waals surface area contributed by atoms with Gasteiger partial charge in [-0.15, -0.1) is 0 Å². The zero-order valence-corrected chi connectivity index (χ0v) is 10.9. The summed E-state index contributed by atoms with van der Waals surface area (Å²) in [4.78, 5) is 0. The molecule has 0 spiro atoms. The molecule has 2 nitrogen and oxygen atoms in total. The molecule has 0 radical (unpaired) electrons. The Hall–Kier alpha value is -1.02. The third-order valence-electron chi connectivity index (χ3n) is 4.90. The van der Waals surface area contributed by atoms with Gasteiger partial charge in [-0.1, -0.05) is 6.07 Å². The number of nitrogens with two attached hydrogens (primary N) is 1. The maximum absolute atomic E-state index is 5.87. The summed E-state index contributed by atoms with van der Waals surface area (Å²) in [6.07, 6.45) is 8.27. The summed E-state index contributed by atoms with van der Waals surface area (Å²) in [5.74, 6) is 1.96. The molecule has 1 aromatic rings. The Balaban J connectivity index is 1.53. The van der Waals surface area contributed by atoms with Gasteiger partial charge in [0.25, 0.3) is 0 Å². The van der Waals surface area contributed by atoms with Gasteiger partial charge >= 0.3 is 0 Å². The van der Waals surface area contributed by atoms with Crippen LogP contribution in [0.3, 0.4) is 0 Å². The zero-order chi connectivity index (χ0) is 12.1. The first-order valence-electron chi connectivity index (χ1n) is 7.45. The zero-order valence-electron chi connectivity index (χ0n) is 10.9. The van der Waals surface area contributed by atoms with Crippen LogP contribution in [0, 0.1) is 11.8 Å². The summed E-state index contributed by atoms with van der Waals surface area (Å²) in [5, 5.41) is 3.97. The van der Waals surface area contributed by atoms with Crippen LogP contribution >= 0.6 is 0 Å². The van der Waals surface area contributed by atoms with E-state index in [4.69, 9.17) is 5.73 Å². The predicted molar refractivity (Wildman–Crippen MR) is 74.3 cm³/mol. The molecular weight excluding hydrogens is 220 g/mol. The largest absolute Gasteiger partial charge is 0.399 e. The van der Waals surface area contributed by atoms with Gasteiger partial charge in [-0.25, -0.2) is 0 Å². The molecule has 0 amide bonds. The van der Waals surface area contributed by atoms with Crippen molar-refractivity contribution < 1.29 is 0 Å². The second-order valence-electron chi connectivity index (χ2n) is 6.42. The van der Waals surface area contributed by atoms with Crippen molar-refractivity contribution >= 4 is 5.69 Å². The van der Waals surface area contributed by atoms with Crippen LogP contribution in [0.25, 0.3) is 0 Å². The van der Waals surface area contributed by atoms with E-state index >= 15 is 0 Å². The summed E-state index contributed by atoms with van der Waals surface area (Å²) >= 11 is 0. The molecule has 2 fully saturated rings. The van der Waals surface area contributed by atoms with E-state index in [-0.39, 0.29) is 0 Å². The summed E-state index contributed by atoms with van der Waals surface area (Å²) in [5.41, 5.74) is 9.77. The number of nitrogens with one attached hydrogen (secondary N) is 1. The van der Waals surface area contributed by atoms with Crippen LogP contribution < -0.4 is 11.1 Å². The monoisotopic (exact) mass is 242 g/mol. The second kappa shape index (κ2) is 3.99. The molecule has 3 aliphatic rings. The predicted octanol–water partition coefficient (Wildman–Crippen LogP) is 3.03. The van der Waals surface area contributed by atoms with Crippen LogP contribution in [0.4, 0.5) is 5.69 Å². The van der Waals surface area contributed by atoms with Gasteiger partial charge in [0.1, 0.15) is 0 Å². The molecule has 1 atom stereocenters. The van der Waals surface area contributed by atoms with Gasteiger partial charge in [-0.3, -0.25) is 0 Å². The molecule has 4 rings (SSSR count). The van der Waals surface area contributed by atoms with E-state index in [1.165, 1.54) is 49.7 Å². The minimum atomic E-state index is 0.590. The molecule has 1 aromatic carbocycles. The van der Waals surface area contributed by atoms with E-state index in [1.54, 1.807) is 0 Å². The molecule has 96 valence electrons. The molecule has 0 bridgehead atoms. The van der Waals surface area contributed by atoms with Crippen molar-refractivity contribution in [2.75, 3.05) is 5.73 Å². The maximum Gasteiger partial charge on any atom is 0.0328 e. The molecule has 0 aromatic heterocycles. The van der Waals surface area contributed by atoms with Crippen LogP contribution in [0.15, 0.2) is 18.2 Å². The normalized spacial score (nSPS) is 26.6. The molecule has 3 aliphatic carbocycles. The fraction of sp³-hybridized carbons (Fsp3) is 0.625. The summed E-state index contributed by atoms with van der Waals surface area (Å²) in [6, 6.07) is 7.86. The number of nitrogen functional groups attached to an aromatic ring is 1. The highest BCUT2D eigenvalue weighted by Crippen LogP contribution is 2.46. The van der Waals surface area contributed by atoms with Crippen molar-refractivity contribution in [1.29, 1.82) is 0 Å². The molecule has 2 saturated carbocycles. The molecule has 1 unspecified atom stereocenters. The van der Waals surface area contributed by atoms with Crippen LogP contribution in [-0.4, -0.2) is 6.04 Å². The van der Waals surface area contributed by atoms with Gasteiger partial charge < -0.3 is 11.1 Å². The van der Waals surface area contributed by atoms with Gasteiger partial charge in [0.05, 0.1) is 0 Å². The highest BCUT2D eigenvalue weighted by molar-refractivity contribution is 5.47. The van der Waals surface area contributed by atoms with Crippen LogP contribution in [0.2, 0.25) is 0 Å². The van der Waals surface area contributed by atoms with Crippen molar-refractivity contribution in [2.24, 2.45) is 11.8 Å². The average Bonchev–Trinajstić information content (AvgIpc) is 3.24. The number of anilines is 1. The Bertz CT molecular complexity index is 448. The van der Waals surface area contributed by atoms with Gasteiger partial charge in [0, 0.05) is 17.8 Å². The molecule has 0 saturated heterocycles. The minimum Gasteiger partial charge on any atom is -0.399 e. The Morgan fingerprint density at radius 1 is 1.06 bits per heavy atom. The van der Waals surface area contributed by atoms with Crippen molar-refractivity contribution in [1.82, 2.24) is 5.32 Å². The maximum atomic E-state index is 5.87. The Labute approximate surface area is 109 Å². The number of fused-ring (bicyclic) bond motifs is 1. The lowest BCUT2D eigenvalue weighted by Crippen LogP contribution is -2.35. The summed E-state index contributed by atoms with van der Waals surface area (Å²) < 4.78 is 0. The number of benzene rings is 1. The Morgan fingerprint density at radius 3 is 2.44 bits per heavy atom. The fourth-order valence-corrected chi connectivity index (χ4v) is 3.61. The molecule has 3 N–H and O–H groups in total. The first-order valence-corrected chi connectivity index (χ1v) is 7.45. The second-order valence-corrected chi connectivity index (χ2v) is 6.42. The lowest BCUT2D eigenvalue weighted by atomic mass is 10.0. The average molecular weight is 242 g/mol. The van der Waals surface area contributed by atoms with Gasteiger partial charge in [0.15, 0.2) is 0 Å². The first-order chi connectivity index (χ1) is 8.81. The van der Waals surface area contributed by atoms with Crippen LogP contribution in [-0.2, 0) is 6.42 Å². The van der Waals surface area contributed by atoms with Crippen molar-refractivity contribution in [3.05, 3.63) is 29.3 Å². The molecule has 2 heteroatoms. The third-order valence-corrected chi connectivity index (χ3v) is 4.90. The van der Waals surface area contributed by atoms with Crippen molar-refractivity contribution in [2.45, 2.75) is 50.6 Å². The van der Waals surface area contributed by atoms with Crippen molar-refractivity contribution in [3.63, 3.8) is 0 Å². The minimum absolute atomic E-state index is 0.590. The number of rotatable bonds is 4. The van der Waals surface area contributed by atoms with E-state index in [9.17, 15) is 0 Å². The van der Waals surface area contributed by atoms with Crippen molar-refractivity contribution in [3.8, 4) is 0 Å². The van der Waals surface area contributed by atoms with Gasteiger partial charge in [-0.2, -0.15) is 0 Å². The molecule has 0 heterocycles. The van der Waals surface area contributed by atoms with E-state index in [0.717, 1.165) is 23.6 Å². The fourth-order valence-electron chi connectivity index (χ4n) is 3.61. The van der Waals surface area contributed by atoms with E-state index in [2.05, 4.69) is 23.5 Å². The topological polar surface area (TPSA) is 38.0 Å². The van der Waals surface area contributed by atoms with E-state index in [0.29, 0.717) is 6.04 Å². The quantitative estimate of drug-likeness (QED) is 0.796. The van der Waals surface area contributed by atoms with Gasteiger partial charge in [-0.05, 0) is 73.6 Å². The Kier molecular flexibility index (Phi) is 2.41. The molecule has 0 aliphatic heterocycles. The van der Waals surface area contributed by atoms with Crippen LogP contribution in [0.1, 0.15) is 49.3 Å². The molecule has 18 heavy (non-hydrogen) atoms.